The summed E-state index contributed by atoms with van der Waals surface area (Å²) in [5.41, 5.74) is -0.324. The van der Waals surface area contributed by atoms with E-state index in [4.69, 9.17) is 4.74 Å². The van der Waals surface area contributed by atoms with E-state index in [-0.39, 0.29) is 5.56 Å². The molecule has 0 aliphatic carbocycles. The van der Waals surface area contributed by atoms with E-state index in [0.717, 1.165) is 23.5 Å². The quantitative estimate of drug-likeness (QED) is 0.871. The minimum atomic E-state index is -1.60. The number of rotatable bonds is 3. The van der Waals surface area contributed by atoms with Gasteiger partial charge in [-0.3, -0.25) is 0 Å². The lowest BCUT2D eigenvalue weighted by Gasteiger charge is -2.12. The van der Waals surface area contributed by atoms with Gasteiger partial charge >= 0.3 is 0 Å². The van der Waals surface area contributed by atoms with E-state index in [1.807, 2.05) is 0 Å². The van der Waals surface area contributed by atoms with Crippen LogP contribution in [0.15, 0.2) is 23.6 Å². The lowest BCUT2D eigenvalue weighted by Crippen LogP contribution is -2.05. The van der Waals surface area contributed by atoms with Crippen molar-refractivity contribution in [2.45, 2.75) is 6.10 Å². The number of thiophene rings is 1. The molecule has 1 heterocycles. The normalized spacial score (nSPS) is 12.5. The summed E-state index contributed by atoms with van der Waals surface area (Å²) in [7, 11) is 1.40. The molecule has 0 saturated carbocycles. The van der Waals surface area contributed by atoms with Crippen molar-refractivity contribution < 1.29 is 23.0 Å². The first-order valence-electron chi connectivity index (χ1n) is 4.99. The Labute approximate surface area is 105 Å². The number of benzene rings is 1. The molecular weight excluding hydrogens is 265 g/mol. The Morgan fingerprint density at radius 1 is 1.17 bits per heavy atom. The van der Waals surface area contributed by atoms with Gasteiger partial charge in [-0.25, -0.2) is 13.2 Å². The van der Waals surface area contributed by atoms with Gasteiger partial charge in [-0.15, -0.1) is 11.3 Å². The molecule has 1 atom stereocenters. The van der Waals surface area contributed by atoms with E-state index in [2.05, 4.69) is 0 Å². The Hall–Kier alpha value is -1.53. The number of ether oxygens (including phenoxy) is 1. The highest BCUT2D eigenvalue weighted by molar-refractivity contribution is 7.10. The molecule has 0 saturated heterocycles. The van der Waals surface area contributed by atoms with Gasteiger partial charge in [0.05, 0.1) is 12.0 Å². The Morgan fingerprint density at radius 3 is 2.56 bits per heavy atom. The third kappa shape index (κ3) is 2.09. The zero-order valence-electron chi connectivity index (χ0n) is 9.28. The monoisotopic (exact) mass is 274 g/mol. The van der Waals surface area contributed by atoms with E-state index >= 15 is 0 Å². The highest BCUT2D eigenvalue weighted by Gasteiger charge is 2.23. The predicted molar refractivity (Wildman–Crippen MR) is 61.2 cm³/mol. The second kappa shape index (κ2) is 4.99. The number of hydrogen-bond donors (Lipinski definition) is 1. The molecule has 2 rings (SSSR count). The first-order chi connectivity index (χ1) is 8.56. The molecule has 18 heavy (non-hydrogen) atoms. The number of aliphatic hydroxyl groups excluding tert-OH is 1. The fourth-order valence-corrected chi connectivity index (χ4v) is 2.43. The number of aliphatic hydroxyl groups is 1. The highest BCUT2D eigenvalue weighted by atomic mass is 32.1. The van der Waals surface area contributed by atoms with E-state index in [0.29, 0.717) is 10.6 Å². The minimum Gasteiger partial charge on any atom is -0.495 e. The average Bonchev–Trinajstić information content (AvgIpc) is 2.83. The fourth-order valence-electron chi connectivity index (χ4n) is 1.57. The molecule has 0 spiro atoms. The molecule has 6 heteroatoms. The van der Waals surface area contributed by atoms with Gasteiger partial charge in [-0.2, -0.15) is 0 Å². The smallest absolute Gasteiger partial charge is 0.194 e. The van der Waals surface area contributed by atoms with E-state index in [1.165, 1.54) is 7.11 Å². The van der Waals surface area contributed by atoms with Crippen LogP contribution < -0.4 is 4.74 Å². The molecule has 1 aromatic heterocycles. The van der Waals surface area contributed by atoms with Crippen molar-refractivity contribution in [1.82, 2.24) is 0 Å². The lowest BCUT2D eigenvalue weighted by molar-refractivity contribution is 0.211. The average molecular weight is 274 g/mol. The maximum absolute atomic E-state index is 13.5. The van der Waals surface area contributed by atoms with Crippen LogP contribution in [0.1, 0.15) is 16.5 Å². The van der Waals surface area contributed by atoms with Gasteiger partial charge in [0.1, 0.15) is 11.9 Å². The van der Waals surface area contributed by atoms with Gasteiger partial charge in [-0.1, -0.05) is 0 Å². The Kier molecular flexibility index (Phi) is 3.58. The van der Waals surface area contributed by atoms with Crippen LogP contribution >= 0.6 is 11.3 Å². The summed E-state index contributed by atoms with van der Waals surface area (Å²) >= 11 is 1.14. The molecule has 96 valence electrons. The highest BCUT2D eigenvalue weighted by Crippen LogP contribution is 2.36. The van der Waals surface area contributed by atoms with Crippen molar-refractivity contribution in [1.29, 1.82) is 0 Å². The summed E-state index contributed by atoms with van der Waals surface area (Å²) < 4.78 is 44.4. The molecular formula is C12H9F3O2S. The SMILES string of the molecule is COc1ccsc1C(O)c1ccc(F)c(F)c1F. The van der Waals surface area contributed by atoms with Crippen LogP contribution in [0.5, 0.6) is 5.75 Å². The summed E-state index contributed by atoms with van der Waals surface area (Å²) in [6, 6.07) is 3.38. The maximum Gasteiger partial charge on any atom is 0.194 e. The Morgan fingerprint density at radius 2 is 1.89 bits per heavy atom. The molecule has 0 bridgehead atoms. The number of methoxy groups -OCH3 is 1. The first-order valence-corrected chi connectivity index (χ1v) is 5.87. The van der Waals surface area contributed by atoms with Crippen molar-refractivity contribution in [3.63, 3.8) is 0 Å². The molecule has 0 amide bonds. The van der Waals surface area contributed by atoms with Crippen LogP contribution in [0.4, 0.5) is 13.2 Å². The fraction of sp³-hybridized carbons (Fsp3) is 0.167. The molecule has 1 aromatic carbocycles. The molecule has 2 aromatic rings. The van der Waals surface area contributed by atoms with Gasteiger partial charge < -0.3 is 9.84 Å². The standard InChI is InChI=1S/C12H9F3O2S/c1-17-8-4-5-18-12(8)11(16)6-2-3-7(13)10(15)9(6)14/h2-5,11,16H,1H3. The van der Waals surface area contributed by atoms with Crippen molar-refractivity contribution in [3.05, 3.63) is 51.5 Å². The second-order valence-electron chi connectivity index (χ2n) is 3.52. The van der Waals surface area contributed by atoms with Crippen LogP contribution in [0.2, 0.25) is 0 Å². The molecule has 2 nitrogen and oxygen atoms in total. The zero-order chi connectivity index (χ0) is 13.3. The molecule has 1 N–H and O–H groups in total. The zero-order valence-corrected chi connectivity index (χ0v) is 10.1. The third-order valence-corrected chi connectivity index (χ3v) is 3.44. The van der Waals surface area contributed by atoms with Crippen molar-refractivity contribution in [2.75, 3.05) is 7.11 Å². The summed E-state index contributed by atoms with van der Waals surface area (Å²) in [6.07, 6.45) is -1.39. The van der Waals surface area contributed by atoms with Crippen LogP contribution in [0, 0.1) is 17.5 Å². The molecule has 0 fully saturated rings. The lowest BCUT2D eigenvalue weighted by atomic mass is 10.1. The third-order valence-electron chi connectivity index (χ3n) is 2.49. The summed E-state index contributed by atoms with van der Waals surface area (Å²) in [6.45, 7) is 0. The van der Waals surface area contributed by atoms with Crippen LogP contribution in [-0.2, 0) is 0 Å². The van der Waals surface area contributed by atoms with Crippen LogP contribution in [0.3, 0.4) is 0 Å². The predicted octanol–water partition coefficient (Wildman–Crippen LogP) is 3.26. The molecule has 0 radical (unpaired) electrons. The number of hydrogen-bond acceptors (Lipinski definition) is 3. The van der Waals surface area contributed by atoms with Gasteiger partial charge in [-0.05, 0) is 23.6 Å². The van der Waals surface area contributed by atoms with Crippen molar-refractivity contribution in [3.8, 4) is 5.75 Å². The summed E-state index contributed by atoms with van der Waals surface area (Å²) in [5.74, 6) is -3.90. The van der Waals surface area contributed by atoms with Gasteiger partial charge in [0.2, 0.25) is 0 Å². The Balaban J connectivity index is 2.46. The van der Waals surface area contributed by atoms with Crippen molar-refractivity contribution >= 4 is 11.3 Å². The number of halogens is 3. The van der Waals surface area contributed by atoms with E-state index < -0.39 is 23.6 Å². The van der Waals surface area contributed by atoms with E-state index in [1.54, 1.807) is 11.4 Å². The van der Waals surface area contributed by atoms with Crippen LogP contribution in [-0.4, -0.2) is 12.2 Å². The van der Waals surface area contributed by atoms with Crippen molar-refractivity contribution in [2.24, 2.45) is 0 Å². The Bertz CT molecular complexity index is 568. The minimum absolute atomic E-state index is 0.324. The summed E-state index contributed by atoms with van der Waals surface area (Å²) in [4.78, 5) is 0.336. The maximum atomic E-state index is 13.5. The molecule has 0 aliphatic rings. The van der Waals surface area contributed by atoms with E-state index in [9.17, 15) is 18.3 Å². The van der Waals surface area contributed by atoms with Crippen LogP contribution in [0.25, 0.3) is 0 Å². The topological polar surface area (TPSA) is 29.5 Å². The van der Waals surface area contributed by atoms with Gasteiger partial charge in [0.15, 0.2) is 17.5 Å². The second-order valence-corrected chi connectivity index (χ2v) is 4.47. The van der Waals surface area contributed by atoms with Gasteiger partial charge in [0.25, 0.3) is 0 Å². The molecule has 0 aliphatic heterocycles. The summed E-state index contributed by atoms with van der Waals surface area (Å²) in [5, 5.41) is 11.6. The first kappa shape index (κ1) is 12.9. The van der Waals surface area contributed by atoms with Gasteiger partial charge in [0, 0.05) is 5.56 Å². The molecule has 1 unspecified atom stereocenters. The largest absolute Gasteiger partial charge is 0.495 e.